The molecular formula is C14H15BrN2O2. The number of carbonyl (C=O) groups is 1. The fourth-order valence-electron chi connectivity index (χ4n) is 1.41. The molecule has 2 aromatic rings. The van der Waals surface area contributed by atoms with Crippen molar-refractivity contribution in [1.82, 2.24) is 9.55 Å². The number of ether oxygens (including phenoxy) is 1. The summed E-state index contributed by atoms with van der Waals surface area (Å²) < 4.78 is 22.7. The molecule has 2 rings (SSSR count). The van der Waals surface area contributed by atoms with Crippen molar-refractivity contribution in [2.24, 2.45) is 0 Å². The number of carbonyl (C=O) groups excluding carboxylic acids is 1. The molecule has 19 heavy (non-hydrogen) atoms. The van der Waals surface area contributed by atoms with Gasteiger partial charge in [0.2, 0.25) is 0 Å². The van der Waals surface area contributed by atoms with Crippen molar-refractivity contribution in [2.75, 3.05) is 0 Å². The second-order valence-corrected chi connectivity index (χ2v) is 5.91. The van der Waals surface area contributed by atoms with Crippen LogP contribution in [0.15, 0.2) is 41.2 Å². The summed E-state index contributed by atoms with van der Waals surface area (Å²) in [7, 11) is 0. The normalized spacial score (nSPS) is 12.8. The second-order valence-electron chi connectivity index (χ2n) is 5.00. The second kappa shape index (κ2) is 5.17. The lowest BCUT2D eigenvalue weighted by Gasteiger charge is -2.19. The lowest BCUT2D eigenvalue weighted by atomic mass is 10.2. The van der Waals surface area contributed by atoms with E-state index < -0.39 is 11.7 Å². The van der Waals surface area contributed by atoms with Gasteiger partial charge in [-0.15, -0.1) is 0 Å². The van der Waals surface area contributed by atoms with Gasteiger partial charge >= 0.3 is 6.09 Å². The summed E-state index contributed by atoms with van der Waals surface area (Å²) in [6.07, 6.45) is -1.25. The van der Waals surface area contributed by atoms with E-state index in [9.17, 15) is 4.79 Å². The van der Waals surface area contributed by atoms with Crippen molar-refractivity contribution in [1.29, 1.82) is 0 Å². The Hall–Kier alpha value is -1.62. The molecule has 0 unspecified atom stereocenters. The van der Waals surface area contributed by atoms with Gasteiger partial charge in [0.15, 0.2) is 0 Å². The van der Waals surface area contributed by atoms with E-state index in [1.54, 1.807) is 39.0 Å². The van der Waals surface area contributed by atoms with E-state index in [-0.39, 0.29) is 18.2 Å². The number of aromatic nitrogens is 2. The predicted octanol–water partition coefficient (Wildman–Crippen LogP) is 4.10. The number of rotatable bonds is 1. The summed E-state index contributed by atoms with van der Waals surface area (Å²) >= 11 is 3.34. The molecule has 0 N–H and O–H groups in total. The molecular weight excluding hydrogens is 308 g/mol. The molecule has 0 aliphatic heterocycles. The molecule has 1 aromatic heterocycles. The van der Waals surface area contributed by atoms with Crippen LogP contribution in [-0.4, -0.2) is 21.2 Å². The Bertz CT molecular complexity index is 693. The molecule has 100 valence electrons. The molecule has 0 aliphatic rings. The van der Waals surface area contributed by atoms with Crippen LogP contribution in [0.4, 0.5) is 4.79 Å². The Morgan fingerprint density at radius 1 is 1.47 bits per heavy atom. The molecule has 4 nitrogen and oxygen atoms in total. The Kier molecular flexibility index (Phi) is 3.05. The first kappa shape index (κ1) is 11.2. The summed E-state index contributed by atoms with van der Waals surface area (Å²) in [6.45, 7) is 5.18. The van der Waals surface area contributed by atoms with Gasteiger partial charge in [-0.1, -0.05) is 28.1 Å². The minimum Gasteiger partial charge on any atom is -0.443 e. The zero-order valence-electron chi connectivity index (χ0n) is 12.9. The van der Waals surface area contributed by atoms with Crippen molar-refractivity contribution in [3.8, 4) is 11.3 Å². The molecule has 5 heteroatoms. The molecule has 0 amide bonds. The van der Waals surface area contributed by atoms with Gasteiger partial charge in [0.1, 0.15) is 13.3 Å². The molecule has 0 radical (unpaired) electrons. The molecule has 1 aromatic carbocycles. The van der Waals surface area contributed by atoms with Gasteiger partial charge in [-0.3, -0.25) is 0 Å². The number of imidazole rings is 1. The molecule has 0 atom stereocenters. The first-order valence-corrected chi connectivity index (χ1v) is 6.53. The number of nitrogens with zero attached hydrogens (tertiary/aromatic N) is 2. The average Bonchev–Trinajstić information content (AvgIpc) is 2.62. The van der Waals surface area contributed by atoms with Crippen LogP contribution < -0.4 is 0 Å². The topological polar surface area (TPSA) is 44.1 Å². The Morgan fingerprint density at radius 2 is 2.21 bits per heavy atom. The highest BCUT2D eigenvalue weighted by atomic mass is 79.9. The number of hydrogen-bond donors (Lipinski definition) is 0. The van der Waals surface area contributed by atoms with Gasteiger partial charge in [-0.2, -0.15) is 0 Å². The van der Waals surface area contributed by atoms with Crippen molar-refractivity contribution in [3.05, 3.63) is 41.2 Å². The van der Waals surface area contributed by atoms with Crippen molar-refractivity contribution in [3.63, 3.8) is 0 Å². The van der Waals surface area contributed by atoms with Gasteiger partial charge in [-0.25, -0.2) is 14.3 Å². The molecule has 0 spiro atoms. The van der Waals surface area contributed by atoms with Crippen LogP contribution in [0.5, 0.6) is 0 Å². The van der Waals surface area contributed by atoms with Crippen LogP contribution in [0.2, 0.25) is 0 Å². The fraction of sp³-hybridized carbons (Fsp3) is 0.286. The molecule has 0 bridgehead atoms. The van der Waals surface area contributed by atoms with E-state index in [0.29, 0.717) is 5.56 Å². The minimum absolute atomic E-state index is 0.160. The maximum atomic E-state index is 12.1. The largest absolute Gasteiger partial charge is 0.443 e. The molecule has 0 fully saturated rings. The van der Waals surface area contributed by atoms with E-state index in [1.165, 1.54) is 0 Å². The first-order valence-electron chi connectivity index (χ1n) is 6.74. The van der Waals surface area contributed by atoms with Crippen LogP contribution in [0.3, 0.4) is 0 Å². The summed E-state index contributed by atoms with van der Waals surface area (Å²) in [4.78, 5) is 16.1. The standard InChI is InChI=1S/C14H15BrN2O2/c1-14(2,3)19-13(18)17-8-12(16-9-17)10-5-4-6-11(15)7-10/h4-9H,1-3H3/i8D,9D. The van der Waals surface area contributed by atoms with Gasteiger partial charge in [0.05, 0.1) is 7.06 Å². The molecule has 1 heterocycles. The van der Waals surface area contributed by atoms with Crippen LogP contribution in [0, 0.1) is 0 Å². The SMILES string of the molecule is [2H]c1nc(-c2cccc(Br)c2)c([2H])n1C(=O)OC(C)(C)C. The van der Waals surface area contributed by atoms with E-state index in [2.05, 4.69) is 20.9 Å². The Balaban J connectivity index is 2.45. The van der Waals surface area contributed by atoms with Crippen molar-refractivity contribution >= 4 is 22.0 Å². The smallest absolute Gasteiger partial charge is 0.419 e. The van der Waals surface area contributed by atoms with Gasteiger partial charge in [-0.05, 0) is 32.9 Å². The molecule has 0 saturated heterocycles. The van der Waals surface area contributed by atoms with Crippen LogP contribution in [-0.2, 0) is 4.74 Å². The maximum Gasteiger partial charge on any atom is 0.419 e. The third-order valence-corrected chi connectivity index (χ3v) is 2.65. The summed E-state index contributed by atoms with van der Waals surface area (Å²) in [5, 5.41) is 0. The average molecular weight is 325 g/mol. The van der Waals surface area contributed by atoms with Gasteiger partial charge in [0, 0.05) is 16.2 Å². The number of halogens is 1. The van der Waals surface area contributed by atoms with Gasteiger partial charge in [0.25, 0.3) is 0 Å². The first-order chi connectivity index (χ1) is 9.69. The summed E-state index contributed by atoms with van der Waals surface area (Å²) in [5.41, 5.74) is 0.230. The van der Waals surface area contributed by atoms with Crippen LogP contribution >= 0.6 is 15.9 Å². The fourth-order valence-corrected chi connectivity index (χ4v) is 1.81. The lowest BCUT2D eigenvalue weighted by molar-refractivity contribution is 0.0536. The Morgan fingerprint density at radius 3 is 2.84 bits per heavy atom. The van der Waals surface area contributed by atoms with E-state index in [0.717, 1.165) is 9.04 Å². The highest BCUT2D eigenvalue weighted by Crippen LogP contribution is 2.21. The van der Waals surface area contributed by atoms with Gasteiger partial charge < -0.3 is 4.74 Å². The van der Waals surface area contributed by atoms with Crippen LogP contribution in [0.1, 0.15) is 23.5 Å². The molecule has 0 saturated carbocycles. The predicted molar refractivity (Wildman–Crippen MR) is 77.0 cm³/mol. The third-order valence-electron chi connectivity index (χ3n) is 2.15. The molecule has 0 aliphatic carbocycles. The maximum absolute atomic E-state index is 12.1. The van der Waals surface area contributed by atoms with E-state index in [1.807, 2.05) is 6.07 Å². The van der Waals surface area contributed by atoms with Crippen LogP contribution in [0.25, 0.3) is 11.3 Å². The Labute approximate surface area is 123 Å². The third kappa shape index (κ3) is 3.67. The quantitative estimate of drug-likeness (QED) is 0.793. The highest BCUT2D eigenvalue weighted by molar-refractivity contribution is 9.10. The number of hydrogen-bond acceptors (Lipinski definition) is 3. The summed E-state index contributed by atoms with van der Waals surface area (Å²) in [5.74, 6) is 0. The monoisotopic (exact) mass is 324 g/mol. The number of benzene rings is 1. The zero-order valence-corrected chi connectivity index (χ0v) is 12.5. The van der Waals surface area contributed by atoms with E-state index >= 15 is 0 Å². The minimum atomic E-state index is -0.772. The van der Waals surface area contributed by atoms with Crippen molar-refractivity contribution in [2.45, 2.75) is 26.4 Å². The summed E-state index contributed by atoms with van der Waals surface area (Å²) in [6, 6.07) is 7.19. The lowest BCUT2D eigenvalue weighted by Crippen LogP contribution is -2.26. The van der Waals surface area contributed by atoms with E-state index in [4.69, 9.17) is 7.48 Å². The zero-order chi connectivity index (χ0) is 15.8. The van der Waals surface area contributed by atoms with Crippen molar-refractivity contribution < 1.29 is 12.3 Å². The highest BCUT2D eigenvalue weighted by Gasteiger charge is 2.18.